The topological polar surface area (TPSA) is 68.2 Å². The van der Waals surface area contributed by atoms with Gasteiger partial charge in [-0.2, -0.15) is 13.2 Å². The van der Waals surface area contributed by atoms with Crippen molar-refractivity contribution in [3.63, 3.8) is 0 Å². The Morgan fingerprint density at radius 2 is 2.18 bits per heavy atom. The second-order valence-corrected chi connectivity index (χ2v) is 4.01. The Hall–Kier alpha value is -1.31. The molecule has 0 aliphatic carbocycles. The molecule has 0 spiro atoms. The monoisotopic (exact) mass is 250 g/mol. The van der Waals surface area contributed by atoms with Gasteiger partial charge in [0, 0.05) is 13.1 Å². The van der Waals surface area contributed by atoms with Crippen LogP contribution in [-0.4, -0.2) is 29.5 Å². The van der Waals surface area contributed by atoms with Gasteiger partial charge in [0.1, 0.15) is 0 Å². The first-order valence-electron chi connectivity index (χ1n) is 5.35. The normalized spacial score (nSPS) is 21.9. The summed E-state index contributed by atoms with van der Waals surface area (Å²) in [5.74, 6) is -1.10. The summed E-state index contributed by atoms with van der Waals surface area (Å²) in [6.45, 7) is 0.456. The van der Waals surface area contributed by atoms with Crippen LogP contribution in [0.15, 0.2) is 4.42 Å². The molecule has 1 saturated heterocycles. The summed E-state index contributed by atoms with van der Waals surface area (Å²) in [6.07, 6.45) is -3.56. The molecule has 1 aromatic rings. The van der Waals surface area contributed by atoms with Crippen LogP contribution in [0, 0.1) is 5.92 Å². The third-order valence-corrected chi connectivity index (χ3v) is 2.79. The van der Waals surface area contributed by atoms with Crippen LogP contribution in [0.4, 0.5) is 19.2 Å². The molecule has 2 N–H and O–H groups in total. The van der Waals surface area contributed by atoms with Crippen molar-refractivity contribution in [2.24, 2.45) is 11.7 Å². The van der Waals surface area contributed by atoms with Crippen LogP contribution in [0.25, 0.3) is 0 Å². The van der Waals surface area contributed by atoms with Crippen LogP contribution >= 0.6 is 0 Å². The molecule has 1 aliphatic heterocycles. The Kier molecular flexibility index (Phi) is 3.23. The fourth-order valence-corrected chi connectivity index (χ4v) is 1.87. The first kappa shape index (κ1) is 12.2. The van der Waals surface area contributed by atoms with Crippen LogP contribution < -0.4 is 10.6 Å². The lowest BCUT2D eigenvalue weighted by molar-refractivity contribution is -0.176. The maximum absolute atomic E-state index is 12.6. The third-order valence-electron chi connectivity index (χ3n) is 2.79. The standard InChI is InChI=1S/C9H13F3N4O/c10-9(11,12)6-2-1-3-16(5-6)8-15-14-7(4-13)17-8/h6H,1-5,13H2. The van der Waals surface area contributed by atoms with Crippen molar-refractivity contribution in [3.05, 3.63) is 5.89 Å². The number of nitrogens with two attached hydrogens (primary N) is 1. The van der Waals surface area contributed by atoms with Gasteiger partial charge < -0.3 is 15.1 Å². The average Bonchev–Trinajstić information content (AvgIpc) is 2.76. The van der Waals surface area contributed by atoms with Crippen molar-refractivity contribution >= 4 is 6.01 Å². The number of hydrogen-bond acceptors (Lipinski definition) is 5. The zero-order valence-corrected chi connectivity index (χ0v) is 9.07. The molecule has 1 atom stereocenters. The van der Waals surface area contributed by atoms with E-state index in [0.717, 1.165) is 0 Å². The molecule has 8 heteroatoms. The van der Waals surface area contributed by atoms with E-state index in [1.807, 2.05) is 0 Å². The van der Waals surface area contributed by atoms with E-state index >= 15 is 0 Å². The number of hydrogen-bond donors (Lipinski definition) is 1. The highest BCUT2D eigenvalue weighted by atomic mass is 19.4. The lowest BCUT2D eigenvalue weighted by atomic mass is 9.98. The minimum atomic E-state index is -4.17. The molecule has 5 nitrogen and oxygen atoms in total. The molecule has 0 bridgehead atoms. The Morgan fingerprint density at radius 1 is 1.41 bits per heavy atom. The van der Waals surface area contributed by atoms with E-state index in [0.29, 0.717) is 13.0 Å². The van der Waals surface area contributed by atoms with Crippen molar-refractivity contribution in [3.8, 4) is 0 Å². The minimum Gasteiger partial charge on any atom is -0.407 e. The van der Waals surface area contributed by atoms with Gasteiger partial charge in [-0.3, -0.25) is 0 Å². The predicted molar refractivity (Wildman–Crippen MR) is 53.2 cm³/mol. The van der Waals surface area contributed by atoms with Crippen LogP contribution in [0.1, 0.15) is 18.7 Å². The summed E-state index contributed by atoms with van der Waals surface area (Å²) < 4.78 is 42.9. The third kappa shape index (κ3) is 2.68. The van der Waals surface area contributed by atoms with E-state index in [-0.39, 0.29) is 31.4 Å². The Labute approximate surface area is 95.8 Å². The number of halogens is 3. The molecular weight excluding hydrogens is 237 g/mol. The second-order valence-electron chi connectivity index (χ2n) is 4.01. The zero-order chi connectivity index (χ0) is 12.5. The fraction of sp³-hybridized carbons (Fsp3) is 0.778. The van der Waals surface area contributed by atoms with Crippen LogP contribution in [0.2, 0.25) is 0 Å². The summed E-state index contributed by atoms with van der Waals surface area (Å²) >= 11 is 0. The quantitative estimate of drug-likeness (QED) is 0.857. The average molecular weight is 250 g/mol. The first-order chi connectivity index (χ1) is 8.00. The van der Waals surface area contributed by atoms with Gasteiger partial charge in [0.05, 0.1) is 12.5 Å². The highest BCUT2D eigenvalue weighted by molar-refractivity contribution is 5.25. The van der Waals surface area contributed by atoms with Crippen molar-refractivity contribution in [1.82, 2.24) is 10.2 Å². The van der Waals surface area contributed by atoms with Crippen molar-refractivity contribution in [2.75, 3.05) is 18.0 Å². The van der Waals surface area contributed by atoms with Crippen molar-refractivity contribution in [1.29, 1.82) is 0 Å². The number of rotatable bonds is 2. The van der Waals surface area contributed by atoms with Crippen molar-refractivity contribution < 1.29 is 17.6 Å². The molecule has 2 rings (SSSR count). The molecule has 1 aromatic heterocycles. The maximum Gasteiger partial charge on any atom is 0.393 e. The van der Waals surface area contributed by atoms with Crippen LogP contribution in [-0.2, 0) is 6.54 Å². The summed E-state index contributed by atoms with van der Waals surface area (Å²) in [6, 6.07) is 0.124. The zero-order valence-electron chi connectivity index (χ0n) is 9.07. The molecular formula is C9H13F3N4O. The minimum absolute atomic E-state index is 0.0868. The first-order valence-corrected chi connectivity index (χ1v) is 5.35. The van der Waals surface area contributed by atoms with Gasteiger partial charge >= 0.3 is 12.2 Å². The lowest BCUT2D eigenvalue weighted by Gasteiger charge is -2.32. The summed E-state index contributed by atoms with van der Waals surface area (Å²) in [5.41, 5.74) is 5.29. The van der Waals surface area contributed by atoms with Crippen molar-refractivity contribution in [2.45, 2.75) is 25.6 Å². The molecule has 0 saturated carbocycles. The summed E-state index contributed by atoms with van der Waals surface area (Å²) in [5, 5.41) is 7.32. The second kappa shape index (κ2) is 4.52. The van der Waals surface area contributed by atoms with Gasteiger partial charge in [-0.25, -0.2) is 0 Å². The Balaban J connectivity index is 2.06. The molecule has 0 radical (unpaired) electrons. The van der Waals surface area contributed by atoms with E-state index < -0.39 is 12.1 Å². The smallest absolute Gasteiger partial charge is 0.393 e. The van der Waals surface area contributed by atoms with E-state index in [4.69, 9.17) is 10.2 Å². The van der Waals surface area contributed by atoms with Gasteiger partial charge in [0.15, 0.2) is 0 Å². The van der Waals surface area contributed by atoms with E-state index in [1.165, 1.54) is 4.90 Å². The molecule has 0 aromatic carbocycles. The Bertz CT molecular complexity index is 379. The lowest BCUT2D eigenvalue weighted by Crippen LogP contribution is -2.41. The summed E-state index contributed by atoms with van der Waals surface area (Å²) in [7, 11) is 0. The maximum atomic E-state index is 12.6. The molecule has 0 amide bonds. The highest BCUT2D eigenvalue weighted by Crippen LogP contribution is 2.34. The molecule has 96 valence electrons. The number of piperidine rings is 1. The molecule has 1 unspecified atom stereocenters. The van der Waals surface area contributed by atoms with Crippen LogP contribution in [0.5, 0.6) is 0 Å². The molecule has 2 heterocycles. The number of alkyl halides is 3. The Morgan fingerprint density at radius 3 is 2.76 bits per heavy atom. The highest BCUT2D eigenvalue weighted by Gasteiger charge is 2.42. The number of anilines is 1. The predicted octanol–water partition coefficient (Wildman–Crippen LogP) is 1.31. The van der Waals surface area contributed by atoms with Gasteiger partial charge in [-0.1, -0.05) is 5.10 Å². The van der Waals surface area contributed by atoms with Gasteiger partial charge in [-0.05, 0) is 12.8 Å². The van der Waals surface area contributed by atoms with Gasteiger partial charge in [-0.15, -0.1) is 5.10 Å². The number of nitrogens with zero attached hydrogens (tertiary/aromatic N) is 3. The van der Waals surface area contributed by atoms with E-state index in [2.05, 4.69) is 10.2 Å². The van der Waals surface area contributed by atoms with E-state index in [1.54, 1.807) is 0 Å². The molecule has 17 heavy (non-hydrogen) atoms. The van der Waals surface area contributed by atoms with Gasteiger partial charge in [0.25, 0.3) is 0 Å². The number of aromatic nitrogens is 2. The largest absolute Gasteiger partial charge is 0.407 e. The molecule has 1 aliphatic rings. The molecule has 1 fully saturated rings. The SMILES string of the molecule is NCc1nnc(N2CCCC(C(F)(F)F)C2)o1. The van der Waals surface area contributed by atoms with E-state index in [9.17, 15) is 13.2 Å². The summed E-state index contributed by atoms with van der Waals surface area (Å²) in [4.78, 5) is 1.47. The van der Waals surface area contributed by atoms with Gasteiger partial charge in [0.2, 0.25) is 5.89 Å². The fourth-order valence-electron chi connectivity index (χ4n) is 1.87. The van der Waals surface area contributed by atoms with Crippen LogP contribution in [0.3, 0.4) is 0 Å².